The molecule has 1 aliphatic rings. The maximum absolute atomic E-state index is 12.0. The van der Waals surface area contributed by atoms with Crippen LogP contribution in [0.1, 0.15) is 23.5 Å². The minimum absolute atomic E-state index is 0.121. The molecule has 2 N–H and O–H groups in total. The third kappa shape index (κ3) is 3.91. The molecule has 132 valence electrons. The van der Waals surface area contributed by atoms with Crippen molar-refractivity contribution < 1.29 is 4.79 Å². The highest BCUT2D eigenvalue weighted by Crippen LogP contribution is 2.46. The van der Waals surface area contributed by atoms with Gasteiger partial charge in [0.2, 0.25) is 0 Å². The summed E-state index contributed by atoms with van der Waals surface area (Å²) < 4.78 is 1.70. The number of hydrogen-bond acceptors (Lipinski definition) is 3. The van der Waals surface area contributed by atoms with Crippen molar-refractivity contribution >= 4 is 6.03 Å². The fourth-order valence-corrected chi connectivity index (χ4v) is 3.16. The van der Waals surface area contributed by atoms with Gasteiger partial charge in [0.05, 0.1) is 5.69 Å². The predicted molar refractivity (Wildman–Crippen MR) is 98.9 cm³/mol. The zero-order chi connectivity index (χ0) is 17.8. The zero-order valence-electron chi connectivity index (χ0n) is 14.4. The van der Waals surface area contributed by atoms with E-state index in [9.17, 15) is 4.79 Å². The number of carbonyl (C=O) groups is 1. The highest BCUT2D eigenvalue weighted by molar-refractivity contribution is 5.73. The van der Waals surface area contributed by atoms with Crippen LogP contribution in [0.15, 0.2) is 67.3 Å². The van der Waals surface area contributed by atoms with E-state index >= 15 is 0 Å². The molecule has 2 amide bonds. The Morgan fingerprint density at radius 3 is 2.62 bits per heavy atom. The van der Waals surface area contributed by atoms with E-state index in [1.54, 1.807) is 11.0 Å². The summed E-state index contributed by atoms with van der Waals surface area (Å²) in [5, 5.41) is 9.97. The summed E-state index contributed by atoms with van der Waals surface area (Å²) in [6.45, 7) is 1.22. The van der Waals surface area contributed by atoms with E-state index in [-0.39, 0.29) is 6.03 Å². The smallest absolute Gasteiger partial charge is 0.315 e. The van der Waals surface area contributed by atoms with Crippen molar-refractivity contribution in [1.29, 1.82) is 0 Å². The topological polar surface area (TPSA) is 71.8 Å². The maximum Gasteiger partial charge on any atom is 0.315 e. The van der Waals surface area contributed by atoms with Crippen molar-refractivity contribution in [3.63, 3.8) is 0 Å². The molecule has 26 heavy (non-hydrogen) atoms. The Hall–Kier alpha value is -3.15. The van der Waals surface area contributed by atoms with Gasteiger partial charge in [0, 0.05) is 13.1 Å². The summed E-state index contributed by atoms with van der Waals surface area (Å²) in [6.07, 6.45) is 4.30. The van der Waals surface area contributed by atoms with Gasteiger partial charge in [0.25, 0.3) is 0 Å². The number of urea groups is 1. The number of nitrogens with one attached hydrogen (secondary N) is 2. The second-order valence-corrected chi connectivity index (χ2v) is 6.58. The first kappa shape index (κ1) is 16.3. The van der Waals surface area contributed by atoms with E-state index in [0.717, 1.165) is 24.2 Å². The number of benzene rings is 2. The van der Waals surface area contributed by atoms with Gasteiger partial charge < -0.3 is 10.6 Å². The molecule has 2 atom stereocenters. The molecule has 1 fully saturated rings. The first-order valence-electron chi connectivity index (χ1n) is 8.80. The van der Waals surface area contributed by atoms with E-state index < -0.39 is 0 Å². The van der Waals surface area contributed by atoms with Crippen LogP contribution in [0, 0.1) is 5.92 Å². The van der Waals surface area contributed by atoms with Crippen LogP contribution in [0.5, 0.6) is 0 Å². The lowest BCUT2D eigenvalue weighted by atomic mass is 10.1. The Morgan fingerprint density at radius 1 is 1.08 bits per heavy atom. The average molecular weight is 347 g/mol. The number of rotatable bonds is 6. The lowest BCUT2D eigenvalue weighted by molar-refractivity contribution is 0.240. The number of nitrogens with zero attached hydrogens (tertiary/aromatic N) is 3. The van der Waals surface area contributed by atoms with Gasteiger partial charge in [0.15, 0.2) is 0 Å². The number of amides is 2. The molecule has 4 rings (SSSR count). The molecular formula is C20H21N5O. The van der Waals surface area contributed by atoms with Gasteiger partial charge in [-0.25, -0.2) is 14.5 Å². The first-order valence-corrected chi connectivity index (χ1v) is 8.80. The minimum atomic E-state index is -0.121. The summed E-state index contributed by atoms with van der Waals surface area (Å²) in [7, 11) is 0. The lowest BCUT2D eigenvalue weighted by Gasteiger charge is -2.08. The highest BCUT2D eigenvalue weighted by Gasteiger charge is 2.37. The highest BCUT2D eigenvalue weighted by atomic mass is 16.2. The summed E-state index contributed by atoms with van der Waals surface area (Å²) in [6, 6.07) is 18.2. The molecule has 2 aromatic carbocycles. The van der Waals surface area contributed by atoms with Crippen LogP contribution in [0.4, 0.5) is 4.79 Å². The monoisotopic (exact) mass is 347 g/mol. The van der Waals surface area contributed by atoms with Crippen molar-refractivity contribution in [2.45, 2.75) is 18.9 Å². The third-order valence-electron chi connectivity index (χ3n) is 4.75. The molecule has 0 unspecified atom stereocenters. The lowest BCUT2D eigenvalue weighted by Crippen LogP contribution is -2.36. The van der Waals surface area contributed by atoms with E-state index in [1.165, 1.54) is 11.9 Å². The summed E-state index contributed by atoms with van der Waals surface area (Å²) in [5.74, 6) is 1.13. The second-order valence-electron chi connectivity index (χ2n) is 6.58. The summed E-state index contributed by atoms with van der Waals surface area (Å²) >= 11 is 0. The van der Waals surface area contributed by atoms with Gasteiger partial charge in [-0.15, -0.1) is 0 Å². The SMILES string of the molecule is O=C(NCc1ccc(-n2cncn2)cc1)NC[C@H]1C[C@@H]1c1ccccc1. The van der Waals surface area contributed by atoms with Crippen molar-refractivity contribution in [3.05, 3.63) is 78.4 Å². The summed E-state index contributed by atoms with van der Waals surface area (Å²) in [4.78, 5) is 15.9. The molecule has 0 spiro atoms. The molecule has 3 aromatic rings. The fourth-order valence-electron chi connectivity index (χ4n) is 3.16. The van der Waals surface area contributed by atoms with E-state index in [4.69, 9.17) is 0 Å². The molecule has 1 aromatic heterocycles. The first-order chi connectivity index (χ1) is 12.8. The minimum Gasteiger partial charge on any atom is -0.338 e. The number of carbonyl (C=O) groups excluding carboxylic acids is 1. The predicted octanol–water partition coefficient (Wildman–Crippen LogP) is 2.87. The van der Waals surface area contributed by atoms with Crippen LogP contribution >= 0.6 is 0 Å². The normalized spacial score (nSPS) is 18.3. The van der Waals surface area contributed by atoms with Crippen molar-refractivity contribution in [2.24, 2.45) is 5.92 Å². The standard InChI is InChI=1S/C20H21N5O/c26-20(23-12-17-10-19(17)16-4-2-1-3-5-16)22-11-15-6-8-18(9-7-15)25-14-21-13-24-25/h1-9,13-14,17,19H,10-12H2,(H2,22,23,26)/t17-,19-/m1/s1. The molecule has 0 saturated heterocycles. The Morgan fingerprint density at radius 2 is 1.88 bits per heavy atom. The van der Waals surface area contributed by atoms with Gasteiger partial charge >= 0.3 is 6.03 Å². The van der Waals surface area contributed by atoms with Crippen molar-refractivity contribution in [2.75, 3.05) is 6.54 Å². The van der Waals surface area contributed by atoms with Crippen molar-refractivity contribution in [3.8, 4) is 5.69 Å². The molecule has 0 bridgehead atoms. The third-order valence-corrected chi connectivity index (χ3v) is 4.75. The van der Waals surface area contributed by atoms with Crippen molar-refractivity contribution in [1.82, 2.24) is 25.4 Å². The van der Waals surface area contributed by atoms with E-state index in [1.807, 2.05) is 30.3 Å². The van der Waals surface area contributed by atoms with Gasteiger partial charge in [-0.2, -0.15) is 5.10 Å². The quantitative estimate of drug-likeness (QED) is 0.720. The van der Waals surface area contributed by atoms with Gasteiger partial charge in [-0.1, -0.05) is 42.5 Å². The van der Waals surface area contributed by atoms with E-state index in [0.29, 0.717) is 18.4 Å². The second kappa shape index (κ2) is 7.39. The zero-order valence-corrected chi connectivity index (χ0v) is 14.4. The summed E-state index contributed by atoms with van der Waals surface area (Å²) in [5.41, 5.74) is 3.35. The maximum atomic E-state index is 12.0. The largest absolute Gasteiger partial charge is 0.338 e. The Kier molecular flexibility index (Phi) is 4.64. The average Bonchev–Trinajstić information content (AvgIpc) is 3.26. The van der Waals surface area contributed by atoms with Gasteiger partial charge in [-0.05, 0) is 41.5 Å². The van der Waals surface area contributed by atoms with Crippen LogP contribution in [0.2, 0.25) is 0 Å². The molecule has 0 radical (unpaired) electrons. The molecular weight excluding hydrogens is 326 g/mol. The van der Waals surface area contributed by atoms with E-state index in [2.05, 4.69) is 45.0 Å². The van der Waals surface area contributed by atoms with Crippen LogP contribution in [-0.4, -0.2) is 27.3 Å². The molecule has 1 heterocycles. The van der Waals surface area contributed by atoms with Crippen LogP contribution in [0.3, 0.4) is 0 Å². The number of hydrogen-bond donors (Lipinski definition) is 2. The molecule has 6 nitrogen and oxygen atoms in total. The Labute approximate surface area is 152 Å². The van der Waals surface area contributed by atoms with Crippen LogP contribution in [-0.2, 0) is 6.54 Å². The van der Waals surface area contributed by atoms with Gasteiger partial charge in [0.1, 0.15) is 12.7 Å². The van der Waals surface area contributed by atoms with Crippen LogP contribution < -0.4 is 10.6 Å². The Balaban J connectivity index is 1.20. The molecule has 0 aliphatic heterocycles. The van der Waals surface area contributed by atoms with Gasteiger partial charge in [-0.3, -0.25) is 0 Å². The fraction of sp³-hybridized carbons (Fsp3) is 0.250. The molecule has 1 saturated carbocycles. The number of aromatic nitrogens is 3. The van der Waals surface area contributed by atoms with Crippen LogP contribution in [0.25, 0.3) is 5.69 Å². The molecule has 6 heteroatoms. The molecule has 1 aliphatic carbocycles. The Bertz CT molecular complexity index is 846.